The summed E-state index contributed by atoms with van der Waals surface area (Å²) < 4.78 is 78.2. The van der Waals surface area contributed by atoms with Crippen molar-refractivity contribution in [2.45, 2.75) is 17.4 Å². The molecule has 3 heterocycles. The van der Waals surface area contributed by atoms with Crippen LogP contribution in [0.2, 0.25) is 5.02 Å². The minimum Gasteiger partial charge on any atom is -0.487 e. The first-order valence-corrected chi connectivity index (χ1v) is 12.7. The van der Waals surface area contributed by atoms with Gasteiger partial charge in [0.1, 0.15) is 23.6 Å². The molecule has 2 amide bonds. The molecule has 16 heteroatoms. The maximum Gasteiger partial charge on any atom is 0.424 e. The van der Waals surface area contributed by atoms with Gasteiger partial charge in [-0.2, -0.15) is 13.2 Å². The normalized spacial score (nSPS) is 18.0. The first-order valence-electron chi connectivity index (χ1n) is 11.5. The van der Waals surface area contributed by atoms with Crippen molar-refractivity contribution in [3.8, 4) is 17.0 Å². The zero-order valence-electron chi connectivity index (χ0n) is 20.4. The average Bonchev–Trinajstić information content (AvgIpc) is 3.46. The molecule has 4 aromatic rings. The van der Waals surface area contributed by atoms with Crippen LogP contribution >= 0.6 is 22.9 Å². The molecule has 0 unspecified atom stereocenters. The van der Waals surface area contributed by atoms with E-state index >= 15 is 4.39 Å². The van der Waals surface area contributed by atoms with Crippen LogP contribution in [0.3, 0.4) is 0 Å². The lowest BCUT2D eigenvalue weighted by atomic mass is 9.90. The highest BCUT2D eigenvalue weighted by Crippen LogP contribution is 2.48. The van der Waals surface area contributed by atoms with Crippen molar-refractivity contribution in [3.05, 3.63) is 70.1 Å². The van der Waals surface area contributed by atoms with E-state index in [1.165, 1.54) is 6.07 Å². The van der Waals surface area contributed by atoms with Crippen LogP contribution in [0.15, 0.2) is 42.5 Å². The number of nitrogens with one attached hydrogen (secondary N) is 1. The molecule has 2 aromatic carbocycles. The van der Waals surface area contributed by atoms with Crippen LogP contribution in [-0.2, 0) is 16.1 Å². The average molecular weight is 614 g/mol. The van der Waals surface area contributed by atoms with Crippen LogP contribution < -0.4 is 21.5 Å². The van der Waals surface area contributed by atoms with Gasteiger partial charge in [-0.1, -0.05) is 22.9 Å². The second-order valence-corrected chi connectivity index (χ2v) is 10.6. The molecule has 1 aliphatic heterocycles. The van der Waals surface area contributed by atoms with Crippen LogP contribution in [0.4, 0.5) is 27.1 Å². The van der Waals surface area contributed by atoms with Crippen molar-refractivity contribution in [1.82, 2.24) is 15.3 Å². The number of carbonyl (C=O) groups is 2. The second-order valence-electron chi connectivity index (χ2n) is 9.09. The molecule has 0 fully saturated rings. The maximum absolute atomic E-state index is 15.6. The zero-order chi connectivity index (χ0) is 29.9. The van der Waals surface area contributed by atoms with Gasteiger partial charge in [0.2, 0.25) is 5.60 Å². The molecule has 5 rings (SSSR count). The van der Waals surface area contributed by atoms with Crippen molar-refractivity contribution in [3.63, 3.8) is 0 Å². The number of thiazole rings is 1. The summed E-state index contributed by atoms with van der Waals surface area (Å²) in [5.41, 5.74) is 1.66. The number of benzene rings is 2. The number of aromatic nitrogens is 2. The molecule has 0 saturated carbocycles. The first kappa shape index (κ1) is 28.4. The molecule has 214 valence electrons. The number of hydrogen-bond acceptors (Lipinski definition) is 8. The molecule has 0 bridgehead atoms. The van der Waals surface area contributed by atoms with Gasteiger partial charge in [0.15, 0.2) is 10.9 Å². The van der Waals surface area contributed by atoms with Crippen LogP contribution in [0.25, 0.3) is 21.5 Å². The summed E-state index contributed by atoms with van der Waals surface area (Å²) in [7, 11) is 0. The lowest BCUT2D eigenvalue weighted by molar-refractivity contribution is -0.265. The minimum absolute atomic E-state index is 0.0152. The second kappa shape index (κ2) is 9.78. The van der Waals surface area contributed by atoms with Gasteiger partial charge in [0, 0.05) is 16.7 Å². The number of nitrogens with two attached hydrogens (primary N) is 2. The zero-order valence-corrected chi connectivity index (χ0v) is 21.9. The smallest absolute Gasteiger partial charge is 0.424 e. The van der Waals surface area contributed by atoms with E-state index in [0.717, 1.165) is 41.7 Å². The van der Waals surface area contributed by atoms with Gasteiger partial charge in [-0.3, -0.25) is 9.59 Å². The fraction of sp³-hybridized carbons (Fsp3) is 0.200. The van der Waals surface area contributed by atoms with Gasteiger partial charge in [-0.15, -0.1) is 0 Å². The Morgan fingerprint density at radius 1 is 1.17 bits per heavy atom. The Hall–Kier alpha value is -4.08. The lowest BCUT2D eigenvalue weighted by Crippen LogP contribution is -2.51. The number of aliphatic hydroxyl groups is 1. The number of fused-ring (bicyclic) bond motifs is 2. The van der Waals surface area contributed by atoms with Gasteiger partial charge in [-0.05, 0) is 42.5 Å². The molecule has 9 nitrogen and oxygen atoms in total. The summed E-state index contributed by atoms with van der Waals surface area (Å²) >= 11 is 7.12. The topological polar surface area (TPSA) is 153 Å². The third kappa shape index (κ3) is 4.79. The molecule has 6 N–H and O–H groups in total. The largest absolute Gasteiger partial charge is 0.487 e. The molecule has 41 heavy (non-hydrogen) atoms. The van der Waals surface area contributed by atoms with E-state index < -0.39 is 70.9 Å². The Balaban J connectivity index is 1.59. The number of hydrogen-bond donors (Lipinski definition) is 4. The molecule has 0 aliphatic carbocycles. The standard InChI is InChI=1S/C25H17ClF5N5O4S/c26-14-5-11(6-15-18(14)36-22(33)41-15)20(37)34-8-24(39,25(29,30)31)16-7-13-19(40-9-23(13,28)21(32)38)17(35-16)10-1-3-12(27)4-2-10/h1-7,39H,8-9H2,(H2,32,38)(H2,33,36)(H,34,37)/t23-,24+/m1/s1. The monoisotopic (exact) mass is 613 g/mol. The fourth-order valence-electron chi connectivity index (χ4n) is 4.23. The Labute approximate surface area is 235 Å². The molecule has 1 aliphatic rings. The Morgan fingerprint density at radius 2 is 1.85 bits per heavy atom. The van der Waals surface area contributed by atoms with Crippen LogP contribution in [-0.4, -0.2) is 46.2 Å². The van der Waals surface area contributed by atoms with Gasteiger partial charge < -0.3 is 26.6 Å². The van der Waals surface area contributed by atoms with Gasteiger partial charge in [-0.25, -0.2) is 18.7 Å². The van der Waals surface area contributed by atoms with E-state index in [1.54, 1.807) is 0 Å². The lowest BCUT2D eigenvalue weighted by Gasteiger charge is -2.31. The molecule has 0 saturated heterocycles. The van der Waals surface area contributed by atoms with Gasteiger partial charge >= 0.3 is 6.18 Å². The predicted octanol–water partition coefficient (Wildman–Crippen LogP) is 3.96. The number of carbonyl (C=O) groups excluding carboxylic acids is 2. The van der Waals surface area contributed by atoms with Gasteiger partial charge in [0.05, 0.1) is 22.0 Å². The molecule has 2 aromatic heterocycles. The first-order chi connectivity index (χ1) is 19.1. The fourth-order valence-corrected chi connectivity index (χ4v) is 5.34. The molecular weight excluding hydrogens is 597 g/mol. The molecule has 2 atom stereocenters. The summed E-state index contributed by atoms with van der Waals surface area (Å²) in [6, 6.07) is 7.17. The molecular formula is C25H17ClF5N5O4S. The highest BCUT2D eigenvalue weighted by atomic mass is 35.5. The summed E-state index contributed by atoms with van der Waals surface area (Å²) in [4.78, 5) is 32.7. The molecule has 0 spiro atoms. The summed E-state index contributed by atoms with van der Waals surface area (Å²) in [5, 5.41) is 13.2. The number of alkyl halides is 4. The Morgan fingerprint density at radius 3 is 2.49 bits per heavy atom. The van der Waals surface area contributed by atoms with E-state index in [1.807, 2.05) is 5.32 Å². The Kier molecular flexibility index (Phi) is 6.79. The number of nitrogen functional groups attached to an aromatic ring is 1. The van der Waals surface area contributed by atoms with E-state index in [4.69, 9.17) is 27.8 Å². The van der Waals surface area contributed by atoms with E-state index in [-0.39, 0.29) is 21.3 Å². The van der Waals surface area contributed by atoms with E-state index in [2.05, 4.69) is 9.97 Å². The third-order valence-electron chi connectivity index (χ3n) is 6.45. The number of ether oxygens (including phenoxy) is 1. The summed E-state index contributed by atoms with van der Waals surface area (Å²) in [6.07, 6.45) is -5.49. The van der Waals surface area contributed by atoms with Crippen molar-refractivity contribution < 1.29 is 41.4 Å². The van der Waals surface area contributed by atoms with Crippen molar-refractivity contribution in [2.24, 2.45) is 5.73 Å². The minimum atomic E-state index is -5.49. The quantitative estimate of drug-likeness (QED) is 0.240. The van der Waals surface area contributed by atoms with Crippen molar-refractivity contribution >= 4 is 50.1 Å². The summed E-state index contributed by atoms with van der Waals surface area (Å²) in [5.74, 6) is -3.71. The number of amides is 2. The maximum atomic E-state index is 15.6. The molecule has 0 radical (unpaired) electrons. The van der Waals surface area contributed by atoms with Crippen LogP contribution in [0, 0.1) is 5.82 Å². The van der Waals surface area contributed by atoms with E-state index in [9.17, 15) is 32.3 Å². The number of primary amides is 1. The van der Waals surface area contributed by atoms with Crippen molar-refractivity contribution in [2.75, 3.05) is 18.9 Å². The highest BCUT2D eigenvalue weighted by molar-refractivity contribution is 7.22. The van der Waals surface area contributed by atoms with Gasteiger partial charge in [0.25, 0.3) is 17.5 Å². The summed E-state index contributed by atoms with van der Waals surface area (Å²) in [6.45, 7) is -2.45. The highest BCUT2D eigenvalue weighted by Gasteiger charge is 2.58. The number of anilines is 1. The SMILES string of the molecule is NC(=O)[C@@]1(F)COc2c1cc([C@@](O)(CNC(=O)c1cc(Cl)c3nc(N)sc3c1)C(F)(F)F)nc2-c1ccc(F)cc1. The number of pyridine rings is 1. The van der Waals surface area contributed by atoms with Crippen LogP contribution in [0.1, 0.15) is 21.6 Å². The predicted molar refractivity (Wildman–Crippen MR) is 138 cm³/mol. The van der Waals surface area contributed by atoms with E-state index in [0.29, 0.717) is 16.3 Å². The number of rotatable bonds is 6. The Bertz CT molecular complexity index is 1720. The third-order valence-corrected chi connectivity index (χ3v) is 7.57. The number of nitrogens with zero attached hydrogens (tertiary/aromatic N) is 2. The number of halogens is 6. The van der Waals surface area contributed by atoms with Crippen molar-refractivity contribution in [1.29, 1.82) is 0 Å². The van der Waals surface area contributed by atoms with Crippen LogP contribution in [0.5, 0.6) is 5.75 Å².